The number of benzene rings is 2. The largest absolute Gasteiger partial charge is 0.326 e. The Morgan fingerprint density at radius 2 is 1.77 bits per heavy atom. The number of aromatic nitrogens is 3. The van der Waals surface area contributed by atoms with E-state index in [0.29, 0.717) is 11.4 Å². The van der Waals surface area contributed by atoms with Crippen LogP contribution in [0.15, 0.2) is 42.7 Å². The molecule has 0 aliphatic carbocycles. The average Bonchev–Trinajstić information content (AvgIpc) is 3.01. The molecule has 3 aromatic rings. The number of nitrogens with one attached hydrogen (secondary N) is 2. The fourth-order valence-corrected chi connectivity index (χ4v) is 2.49. The molecule has 0 bridgehead atoms. The van der Waals surface area contributed by atoms with Crippen molar-refractivity contribution >= 4 is 23.2 Å². The van der Waals surface area contributed by atoms with Crippen LogP contribution in [-0.4, -0.2) is 20.7 Å². The molecule has 1 heterocycles. The average molecular weight is 357 g/mol. The molecule has 2 aromatic carbocycles. The summed E-state index contributed by atoms with van der Waals surface area (Å²) in [6.07, 6.45) is 2.14. The zero-order valence-electron chi connectivity index (χ0n) is 14.3. The number of anilines is 3. The molecule has 0 atom stereocenters. The SMILES string of the molecule is CCc1cc(NC(C)=O)cc(Nc2ncn(-c3cc(F)cc(F)c3)n2)c1. The Morgan fingerprint density at radius 3 is 2.42 bits per heavy atom. The van der Waals surface area contributed by atoms with Crippen LogP contribution in [0.5, 0.6) is 0 Å². The molecular weight excluding hydrogens is 340 g/mol. The van der Waals surface area contributed by atoms with E-state index in [2.05, 4.69) is 20.7 Å². The van der Waals surface area contributed by atoms with Crippen LogP contribution in [0.1, 0.15) is 19.4 Å². The fourth-order valence-electron chi connectivity index (χ4n) is 2.49. The highest BCUT2D eigenvalue weighted by atomic mass is 19.1. The van der Waals surface area contributed by atoms with E-state index in [1.165, 1.54) is 17.9 Å². The number of rotatable bonds is 5. The zero-order valence-corrected chi connectivity index (χ0v) is 14.3. The lowest BCUT2D eigenvalue weighted by molar-refractivity contribution is -0.114. The van der Waals surface area contributed by atoms with Gasteiger partial charge >= 0.3 is 0 Å². The molecule has 0 unspecified atom stereocenters. The predicted molar refractivity (Wildman–Crippen MR) is 94.7 cm³/mol. The van der Waals surface area contributed by atoms with E-state index in [9.17, 15) is 13.6 Å². The Labute approximate surface area is 148 Å². The van der Waals surface area contributed by atoms with Gasteiger partial charge in [0.2, 0.25) is 11.9 Å². The van der Waals surface area contributed by atoms with Crippen molar-refractivity contribution in [3.63, 3.8) is 0 Å². The number of halogens is 2. The maximum Gasteiger partial charge on any atom is 0.246 e. The molecule has 0 saturated carbocycles. The first-order chi connectivity index (χ1) is 12.4. The van der Waals surface area contributed by atoms with E-state index in [4.69, 9.17) is 0 Å². The smallest absolute Gasteiger partial charge is 0.246 e. The Morgan fingerprint density at radius 1 is 1.08 bits per heavy atom. The number of carbonyl (C=O) groups excluding carboxylic acids is 1. The molecule has 1 aromatic heterocycles. The Balaban J connectivity index is 1.85. The van der Waals surface area contributed by atoms with Gasteiger partial charge in [0.05, 0.1) is 5.69 Å². The summed E-state index contributed by atoms with van der Waals surface area (Å²) in [4.78, 5) is 15.4. The van der Waals surface area contributed by atoms with Gasteiger partial charge in [0.1, 0.15) is 18.0 Å². The van der Waals surface area contributed by atoms with Crippen molar-refractivity contribution in [1.82, 2.24) is 14.8 Å². The number of hydrogen-bond donors (Lipinski definition) is 2. The van der Waals surface area contributed by atoms with E-state index >= 15 is 0 Å². The monoisotopic (exact) mass is 357 g/mol. The molecule has 0 spiro atoms. The van der Waals surface area contributed by atoms with Crippen LogP contribution in [0.25, 0.3) is 5.69 Å². The quantitative estimate of drug-likeness (QED) is 0.728. The minimum absolute atomic E-state index is 0.167. The number of nitrogens with zero attached hydrogens (tertiary/aromatic N) is 3. The maximum atomic E-state index is 13.3. The van der Waals surface area contributed by atoms with Gasteiger partial charge in [-0.3, -0.25) is 4.79 Å². The van der Waals surface area contributed by atoms with Crippen molar-refractivity contribution in [1.29, 1.82) is 0 Å². The summed E-state index contributed by atoms with van der Waals surface area (Å²) in [7, 11) is 0. The minimum atomic E-state index is -0.694. The summed E-state index contributed by atoms with van der Waals surface area (Å²) < 4.78 is 28.0. The van der Waals surface area contributed by atoms with E-state index in [1.54, 1.807) is 6.07 Å². The summed E-state index contributed by atoms with van der Waals surface area (Å²) in [5, 5.41) is 9.95. The van der Waals surface area contributed by atoms with Gasteiger partial charge < -0.3 is 10.6 Å². The Hall–Kier alpha value is -3.29. The van der Waals surface area contributed by atoms with Crippen LogP contribution in [-0.2, 0) is 11.2 Å². The first-order valence-corrected chi connectivity index (χ1v) is 7.99. The first kappa shape index (κ1) is 17.5. The van der Waals surface area contributed by atoms with Crippen LogP contribution in [0, 0.1) is 11.6 Å². The second kappa shape index (κ2) is 7.30. The summed E-state index contributed by atoms with van der Waals surface area (Å²) in [6, 6.07) is 8.66. The van der Waals surface area contributed by atoms with Gasteiger partial charge in [-0.05, 0) is 42.3 Å². The predicted octanol–water partition coefficient (Wildman–Crippen LogP) is 3.81. The minimum Gasteiger partial charge on any atom is -0.326 e. The van der Waals surface area contributed by atoms with Crippen LogP contribution < -0.4 is 10.6 Å². The lowest BCUT2D eigenvalue weighted by Gasteiger charge is -2.09. The molecule has 0 saturated heterocycles. The first-order valence-electron chi connectivity index (χ1n) is 7.99. The molecule has 134 valence electrons. The van der Waals surface area contributed by atoms with Crippen molar-refractivity contribution in [2.75, 3.05) is 10.6 Å². The molecule has 6 nitrogen and oxygen atoms in total. The van der Waals surface area contributed by atoms with Crippen molar-refractivity contribution in [3.8, 4) is 5.69 Å². The van der Waals surface area contributed by atoms with Crippen molar-refractivity contribution in [2.45, 2.75) is 20.3 Å². The topological polar surface area (TPSA) is 71.8 Å². The third-order valence-corrected chi connectivity index (χ3v) is 3.58. The summed E-state index contributed by atoms with van der Waals surface area (Å²) in [5.74, 6) is -1.29. The highest BCUT2D eigenvalue weighted by Gasteiger charge is 2.08. The van der Waals surface area contributed by atoms with Crippen LogP contribution in [0.3, 0.4) is 0 Å². The van der Waals surface area contributed by atoms with Gasteiger partial charge in [0.15, 0.2) is 0 Å². The van der Waals surface area contributed by atoms with Gasteiger partial charge in [-0.1, -0.05) is 6.92 Å². The third kappa shape index (κ3) is 4.21. The summed E-state index contributed by atoms with van der Waals surface area (Å²) >= 11 is 0. The molecule has 3 rings (SSSR count). The van der Waals surface area contributed by atoms with Crippen molar-refractivity contribution in [2.24, 2.45) is 0 Å². The molecule has 1 amide bonds. The molecule has 0 radical (unpaired) electrons. The van der Waals surface area contributed by atoms with Gasteiger partial charge in [0, 0.05) is 24.4 Å². The van der Waals surface area contributed by atoms with Gasteiger partial charge in [-0.25, -0.2) is 13.5 Å². The van der Waals surface area contributed by atoms with Crippen molar-refractivity contribution in [3.05, 3.63) is 59.9 Å². The highest BCUT2D eigenvalue weighted by Crippen LogP contribution is 2.22. The summed E-state index contributed by atoms with van der Waals surface area (Å²) in [6.45, 7) is 3.44. The van der Waals surface area contributed by atoms with E-state index in [0.717, 1.165) is 30.2 Å². The number of amides is 1. The number of carbonyl (C=O) groups is 1. The maximum absolute atomic E-state index is 13.3. The third-order valence-electron chi connectivity index (χ3n) is 3.58. The molecule has 0 fully saturated rings. The van der Waals surface area contributed by atoms with Gasteiger partial charge in [0.25, 0.3) is 0 Å². The second-order valence-corrected chi connectivity index (χ2v) is 5.72. The Bertz CT molecular complexity index is 934. The molecule has 0 aliphatic rings. The number of aryl methyl sites for hydroxylation is 1. The lowest BCUT2D eigenvalue weighted by Crippen LogP contribution is -2.06. The fraction of sp³-hybridized carbons (Fsp3) is 0.167. The van der Waals surface area contributed by atoms with Crippen LogP contribution in [0.2, 0.25) is 0 Å². The van der Waals surface area contributed by atoms with Gasteiger partial charge in [-0.15, -0.1) is 5.10 Å². The highest BCUT2D eigenvalue weighted by molar-refractivity contribution is 5.89. The standard InChI is InChI=1S/C18H17F2N5O/c1-3-12-4-15(22-11(2)26)9-16(5-12)23-18-21-10-25(24-18)17-7-13(19)6-14(20)8-17/h4-10H,3H2,1-2H3,(H,22,26)(H,23,24). The molecule has 2 N–H and O–H groups in total. The second-order valence-electron chi connectivity index (χ2n) is 5.72. The molecular formula is C18H17F2N5O. The van der Waals surface area contributed by atoms with Gasteiger partial charge in [-0.2, -0.15) is 4.98 Å². The Kier molecular flexibility index (Phi) is 4.92. The van der Waals surface area contributed by atoms with E-state index < -0.39 is 11.6 Å². The lowest BCUT2D eigenvalue weighted by atomic mass is 10.1. The zero-order chi connectivity index (χ0) is 18.7. The normalized spacial score (nSPS) is 10.6. The molecule has 26 heavy (non-hydrogen) atoms. The van der Waals surface area contributed by atoms with E-state index in [-0.39, 0.29) is 17.5 Å². The van der Waals surface area contributed by atoms with E-state index in [1.807, 2.05) is 19.1 Å². The van der Waals surface area contributed by atoms with Crippen molar-refractivity contribution < 1.29 is 13.6 Å². The summed E-state index contributed by atoms with van der Waals surface area (Å²) in [5.41, 5.74) is 2.59. The van der Waals surface area contributed by atoms with Crippen LogP contribution in [0.4, 0.5) is 26.1 Å². The van der Waals surface area contributed by atoms with Crippen LogP contribution >= 0.6 is 0 Å². The number of hydrogen-bond acceptors (Lipinski definition) is 4. The molecule has 8 heteroatoms. The molecule has 0 aliphatic heterocycles.